The van der Waals surface area contributed by atoms with E-state index in [1.165, 1.54) is 0 Å². The molecule has 1 heterocycles. The van der Waals surface area contributed by atoms with Crippen LogP contribution in [0.4, 0.5) is 8.78 Å². The molecule has 0 aliphatic carbocycles. The quantitative estimate of drug-likeness (QED) is 0.521. The molecule has 0 bridgehead atoms. The molecule has 1 aliphatic rings. The maximum atomic E-state index is 13.5. The number of morpholine rings is 1. The van der Waals surface area contributed by atoms with Crippen molar-refractivity contribution in [2.75, 3.05) is 32.8 Å². The molecular formula is C19H25F2NO4. The molecule has 0 N–H and O–H groups in total. The fourth-order valence-corrected chi connectivity index (χ4v) is 2.89. The molecule has 1 unspecified atom stereocenters. The Balaban J connectivity index is 1.72. The molecule has 5 nitrogen and oxygen atoms in total. The SMILES string of the molecule is CC(C)CN1CCOC(COC(=O)CCC(=O)c2ccc(F)cc2F)C1. The van der Waals surface area contributed by atoms with Crippen molar-refractivity contribution >= 4 is 11.8 Å². The number of hydrogen-bond acceptors (Lipinski definition) is 5. The second-order valence-electron chi connectivity index (χ2n) is 6.88. The molecule has 0 radical (unpaired) electrons. The number of hydrogen-bond donors (Lipinski definition) is 0. The lowest BCUT2D eigenvalue weighted by Crippen LogP contribution is -2.45. The number of esters is 1. The first-order valence-electron chi connectivity index (χ1n) is 8.83. The average Bonchev–Trinajstić information content (AvgIpc) is 2.57. The van der Waals surface area contributed by atoms with E-state index in [1.807, 2.05) is 0 Å². The smallest absolute Gasteiger partial charge is 0.306 e. The highest BCUT2D eigenvalue weighted by Crippen LogP contribution is 2.13. The van der Waals surface area contributed by atoms with Crippen LogP contribution >= 0.6 is 0 Å². The van der Waals surface area contributed by atoms with E-state index in [2.05, 4.69) is 18.7 Å². The van der Waals surface area contributed by atoms with Crippen molar-refractivity contribution in [3.05, 3.63) is 35.4 Å². The Hall–Kier alpha value is -1.86. The maximum Gasteiger partial charge on any atom is 0.306 e. The third-order valence-corrected chi connectivity index (χ3v) is 4.06. The molecule has 1 aromatic carbocycles. The Morgan fingerprint density at radius 1 is 1.31 bits per heavy atom. The number of halogens is 2. The van der Waals surface area contributed by atoms with Crippen LogP contribution in [-0.4, -0.2) is 55.6 Å². The predicted octanol–water partition coefficient (Wildman–Crippen LogP) is 2.83. The third kappa shape index (κ3) is 6.46. The van der Waals surface area contributed by atoms with Gasteiger partial charge in [-0.2, -0.15) is 0 Å². The lowest BCUT2D eigenvalue weighted by Gasteiger charge is -2.33. The minimum absolute atomic E-state index is 0.131. The molecule has 0 spiro atoms. The number of rotatable bonds is 8. The number of benzene rings is 1. The van der Waals surface area contributed by atoms with E-state index in [0.29, 0.717) is 25.1 Å². The zero-order chi connectivity index (χ0) is 19.1. The van der Waals surface area contributed by atoms with Crippen LogP contribution in [0, 0.1) is 17.6 Å². The van der Waals surface area contributed by atoms with Crippen molar-refractivity contribution in [1.29, 1.82) is 0 Å². The summed E-state index contributed by atoms with van der Waals surface area (Å²) in [6, 6.07) is 2.74. The van der Waals surface area contributed by atoms with Gasteiger partial charge in [0.2, 0.25) is 0 Å². The second-order valence-corrected chi connectivity index (χ2v) is 6.88. The maximum absolute atomic E-state index is 13.5. The second kappa shape index (κ2) is 9.73. The van der Waals surface area contributed by atoms with Crippen LogP contribution in [0.3, 0.4) is 0 Å². The van der Waals surface area contributed by atoms with Crippen molar-refractivity contribution in [2.45, 2.75) is 32.8 Å². The van der Waals surface area contributed by atoms with Gasteiger partial charge in [0.05, 0.1) is 18.6 Å². The van der Waals surface area contributed by atoms with E-state index in [0.717, 1.165) is 25.2 Å². The molecule has 1 atom stereocenters. The minimum Gasteiger partial charge on any atom is -0.463 e. The van der Waals surface area contributed by atoms with Gasteiger partial charge < -0.3 is 9.47 Å². The van der Waals surface area contributed by atoms with Crippen molar-refractivity contribution in [1.82, 2.24) is 4.90 Å². The monoisotopic (exact) mass is 369 g/mol. The fourth-order valence-electron chi connectivity index (χ4n) is 2.89. The Morgan fingerprint density at radius 3 is 2.77 bits per heavy atom. The highest BCUT2D eigenvalue weighted by Gasteiger charge is 2.22. The van der Waals surface area contributed by atoms with Gasteiger partial charge in [-0.05, 0) is 18.1 Å². The summed E-state index contributed by atoms with van der Waals surface area (Å²) in [5.41, 5.74) is -0.223. The van der Waals surface area contributed by atoms with Gasteiger partial charge in [0.25, 0.3) is 0 Å². The molecule has 0 amide bonds. The van der Waals surface area contributed by atoms with Crippen LogP contribution in [0.15, 0.2) is 18.2 Å². The van der Waals surface area contributed by atoms with E-state index in [4.69, 9.17) is 9.47 Å². The third-order valence-electron chi connectivity index (χ3n) is 4.06. The Bertz CT molecular complexity index is 636. The van der Waals surface area contributed by atoms with Gasteiger partial charge in [-0.1, -0.05) is 13.8 Å². The molecule has 0 saturated carbocycles. The molecule has 144 valence electrons. The van der Waals surface area contributed by atoms with Crippen molar-refractivity contribution in [3.8, 4) is 0 Å². The summed E-state index contributed by atoms with van der Waals surface area (Å²) in [6.07, 6.45) is -0.526. The van der Waals surface area contributed by atoms with Crippen molar-refractivity contribution < 1.29 is 27.8 Å². The number of ether oxygens (including phenoxy) is 2. The van der Waals surface area contributed by atoms with Crippen LogP contribution in [0.2, 0.25) is 0 Å². The topological polar surface area (TPSA) is 55.8 Å². The highest BCUT2D eigenvalue weighted by atomic mass is 19.1. The summed E-state index contributed by atoms with van der Waals surface area (Å²) in [5, 5.41) is 0. The van der Waals surface area contributed by atoms with Gasteiger partial charge in [-0.15, -0.1) is 0 Å². The summed E-state index contributed by atoms with van der Waals surface area (Å²) in [7, 11) is 0. The number of carbonyl (C=O) groups excluding carboxylic acids is 2. The van der Waals surface area contributed by atoms with Gasteiger partial charge in [0.1, 0.15) is 24.3 Å². The molecular weight excluding hydrogens is 344 g/mol. The summed E-state index contributed by atoms with van der Waals surface area (Å²) in [4.78, 5) is 26.0. The standard InChI is InChI=1S/C19H25F2NO4/c1-13(2)10-22-7-8-25-15(11-22)12-26-19(24)6-5-18(23)16-4-3-14(20)9-17(16)21/h3-4,9,13,15H,5-8,10-12H2,1-2H3. The summed E-state index contributed by atoms with van der Waals surface area (Å²) >= 11 is 0. The van der Waals surface area contributed by atoms with E-state index in [1.54, 1.807) is 0 Å². The minimum atomic E-state index is -0.927. The van der Waals surface area contributed by atoms with Crippen LogP contribution in [0.5, 0.6) is 0 Å². The van der Waals surface area contributed by atoms with Gasteiger partial charge in [0, 0.05) is 32.1 Å². The molecule has 26 heavy (non-hydrogen) atoms. The fraction of sp³-hybridized carbons (Fsp3) is 0.579. The first-order valence-corrected chi connectivity index (χ1v) is 8.83. The molecule has 7 heteroatoms. The Kier molecular flexibility index (Phi) is 7.66. The zero-order valence-electron chi connectivity index (χ0n) is 15.2. The Labute approximate surface area is 152 Å². The first kappa shape index (κ1) is 20.5. The van der Waals surface area contributed by atoms with Crippen LogP contribution in [0.25, 0.3) is 0 Å². The van der Waals surface area contributed by atoms with E-state index in [-0.39, 0.29) is 31.1 Å². The molecule has 2 rings (SSSR count). The number of nitrogens with zero attached hydrogens (tertiary/aromatic N) is 1. The molecule has 1 aromatic rings. The van der Waals surface area contributed by atoms with Crippen molar-refractivity contribution in [2.24, 2.45) is 5.92 Å². The predicted molar refractivity (Wildman–Crippen MR) is 91.9 cm³/mol. The highest BCUT2D eigenvalue weighted by molar-refractivity contribution is 5.97. The van der Waals surface area contributed by atoms with Gasteiger partial charge in [-0.25, -0.2) is 8.78 Å². The van der Waals surface area contributed by atoms with Crippen LogP contribution < -0.4 is 0 Å². The number of carbonyl (C=O) groups is 2. The van der Waals surface area contributed by atoms with Crippen LogP contribution in [0.1, 0.15) is 37.0 Å². The lowest BCUT2D eigenvalue weighted by molar-refractivity contribution is -0.150. The zero-order valence-corrected chi connectivity index (χ0v) is 15.2. The number of Topliss-reactive ketones (excluding diaryl/α,β-unsaturated/α-hetero) is 1. The van der Waals surface area contributed by atoms with Crippen LogP contribution in [-0.2, 0) is 14.3 Å². The summed E-state index contributed by atoms with van der Waals surface area (Å²) < 4.78 is 37.2. The Morgan fingerprint density at radius 2 is 2.08 bits per heavy atom. The normalized spacial score (nSPS) is 18.1. The van der Waals surface area contributed by atoms with Crippen molar-refractivity contribution in [3.63, 3.8) is 0 Å². The molecule has 0 aromatic heterocycles. The van der Waals surface area contributed by atoms with E-state index < -0.39 is 23.4 Å². The van der Waals surface area contributed by atoms with Gasteiger partial charge in [-0.3, -0.25) is 14.5 Å². The average molecular weight is 369 g/mol. The lowest BCUT2D eigenvalue weighted by atomic mass is 10.1. The molecule has 1 saturated heterocycles. The largest absolute Gasteiger partial charge is 0.463 e. The number of ketones is 1. The van der Waals surface area contributed by atoms with Gasteiger partial charge in [0.15, 0.2) is 5.78 Å². The van der Waals surface area contributed by atoms with E-state index >= 15 is 0 Å². The molecule has 1 fully saturated rings. The van der Waals surface area contributed by atoms with E-state index in [9.17, 15) is 18.4 Å². The first-order chi connectivity index (χ1) is 12.3. The van der Waals surface area contributed by atoms with Gasteiger partial charge >= 0.3 is 5.97 Å². The summed E-state index contributed by atoms with van der Waals surface area (Å²) in [6.45, 7) is 7.54. The summed E-state index contributed by atoms with van der Waals surface area (Å²) in [5.74, 6) is -2.22. The molecule has 1 aliphatic heterocycles.